The van der Waals surface area contributed by atoms with Gasteiger partial charge in [-0.25, -0.2) is 22.3 Å². The summed E-state index contributed by atoms with van der Waals surface area (Å²) >= 11 is 0. The molecule has 2 aromatic carbocycles. The number of hydrogen-bond acceptors (Lipinski definition) is 5. The molecule has 0 aliphatic carbocycles. The molecule has 2 aromatic rings. The summed E-state index contributed by atoms with van der Waals surface area (Å²) in [7, 11) is -3.82. The van der Waals surface area contributed by atoms with E-state index < -0.39 is 39.7 Å². The van der Waals surface area contributed by atoms with E-state index in [1.807, 2.05) is 0 Å². The van der Waals surface area contributed by atoms with Crippen LogP contribution in [0.2, 0.25) is 0 Å². The lowest BCUT2D eigenvalue weighted by Crippen LogP contribution is -2.40. The average Bonchev–Trinajstić information content (AvgIpc) is 2.57. The molecule has 0 saturated carbocycles. The lowest BCUT2D eigenvalue weighted by Gasteiger charge is -2.20. The van der Waals surface area contributed by atoms with Gasteiger partial charge in [-0.1, -0.05) is 18.2 Å². The molecule has 2 rings (SSSR count). The maximum atomic E-state index is 13.1. The van der Waals surface area contributed by atoms with E-state index in [9.17, 15) is 22.4 Å². The third-order valence-corrected chi connectivity index (χ3v) is 5.06. The fourth-order valence-electron chi connectivity index (χ4n) is 2.21. The standard InChI is InChI=1S/C19H20FNO5S/c1-19(2,3)21-27(24,25)16-9-5-7-14(11-16)18(23)26-12-17(22)13-6-4-8-15(20)10-13/h4-11,21H,12H2,1-3H3. The summed E-state index contributed by atoms with van der Waals surface area (Å²) in [6.07, 6.45) is 0. The Morgan fingerprint density at radius 2 is 1.67 bits per heavy atom. The van der Waals surface area contributed by atoms with Crippen molar-refractivity contribution in [3.05, 3.63) is 65.5 Å². The molecule has 0 radical (unpaired) electrons. The number of rotatable bonds is 6. The van der Waals surface area contributed by atoms with Gasteiger partial charge in [0, 0.05) is 11.1 Å². The van der Waals surface area contributed by atoms with Crippen molar-refractivity contribution in [3.8, 4) is 0 Å². The van der Waals surface area contributed by atoms with Crippen molar-refractivity contribution in [2.45, 2.75) is 31.2 Å². The Balaban J connectivity index is 2.10. The Kier molecular flexibility index (Phi) is 6.12. The summed E-state index contributed by atoms with van der Waals surface area (Å²) in [5.74, 6) is -2.00. The summed E-state index contributed by atoms with van der Waals surface area (Å²) in [6.45, 7) is 4.50. The number of ether oxygens (including phenoxy) is 1. The van der Waals surface area contributed by atoms with Crippen molar-refractivity contribution < 1.29 is 27.1 Å². The van der Waals surface area contributed by atoms with Crippen LogP contribution in [0.25, 0.3) is 0 Å². The van der Waals surface area contributed by atoms with Crippen molar-refractivity contribution in [1.29, 1.82) is 0 Å². The van der Waals surface area contributed by atoms with Gasteiger partial charge in [0.25, 0.3) is 0 Å². The molecule has 0 saturated heterocycles. The first-order chi connectivity index (χ1) is 12.5. The highest BCUT2D eigenvalue weighted by atomic mass is 32.2. The molecule has 0 aliphatic heterocycles. The molecule has 0 heterocycles. The monoisotopic (exact) mass is 393 g/mol. The van der Waals surface area contributed by atoms with E-state index in [0.29, 0.717) is 0 Å². The molecule has 1 N–H and O–H groups in total. The van der Waals surface area contributed by atoms with Crippen molar-refractivity contribution in [2.24, 2.45) is 0 Å². The molecule has 0 bridgehead atoms. The summed E-state index contributed by atoms with van der Waals surface area (Å²) in [6, 6.07) is 10.3. The maximum Gasteiger partial charge on any atom is 0.338 e. The number of esters is 1. The Morgan fingerprint density at radius 1 is 1.04 bits per heavy atom. The molecule has 0 amide bonds. The van der Waals surface area contributed by atoms with Crippen LogP contribution in [0, 0.1) is 5.82 Å². The zero-order valence-corrected chi connectivity index (χ0v) is 16.0. The predicted molar refractivity (Wildman–Crippen MR) is 97.5 cm³/mol. The highest BCUT2D eigenvalue weighted by Gasteiger charge is 2.23. The lowest BCUT2D eigenvalue weighted by atomic mass is 10.1. The Labute approximate surface area is 157 Å². The molecule has 0 atom stereocenters. The number of carbonyl (C=O) groups excluding carboxylic acids is 2. The maximum absolute atomic E-state index is 13.1. The van der Waals surface area contributed by atoms with Gasteiger partial charge < -0.3 is 4.74 Å². The zero-order chi connectivity index (χ0) is 20.2. The zero-order valence-electron chi connectivity index (χ0n) is 15.2. The second kappa shape index (κ2) is 7.98. The predicted octanol–water partition coefficient (Wildman–Crippen LogP) is 2.94. The second-order valence-corrected chi connectivity index (χ2v) is 8.58. The number of Topliss-reactive ketones (excluding diaryl/α,β-unsaturated/α-hetero) is 1. The summed E-state index contributed by atoms with van der Waals surface area (Å²) in [5, 5.41) is 0. The van der Waals surface area contributed by atoms with Crippen LogP contribution in [0.3, 0.4) is 0 Å². The first-order valence-corrected chi connectivity index (χ1v) is 9.56. The van der Waals surface area contributed by atoms with E-state index in [4.69, 9.17) is 4.74 Å². The van der Waals surface area contributed by atoms with E-state index in [0.717, 1.165) is 6.07 Å². The Hall–Kier alpha value is -2.58. The largest absolute Gasteiger partial charge is 0.454 e. The van der Waals surface area contributed by atoms with Crippen LogP contribution in [0.15, 0.2) is 53.4 Å². The van der Waals surface area contributed by atoms with Crippen LogP contribution in [-0.4, -0.2) is 32.3 Å². The minimum absolute atomic E-state index is 0.0150. The van der Waals surface area contributed by atoms with Crippen LogP contribution in [-0.2, 0) is 14.8 Å². The summed E-state index contributed by atoms with van der Waals surface area (Å²) in [4.78, 5) is 24.0. The number of nitrogens with one attached hydrogen (secondary N) is 1. The van der Waals surface area contributed by atoms with Gasteiger partial charge in [0.05, 0.1) is 10.5 Å². The third kappa shape index (κ3) is 5.97. The summed E-state index contributed by atoms with van der Waals surface area (Å²) < 4.78 is 45.3. The Bertz CT molecular complexity index is 964. The quantitative estimate of drug-likeness (QED) is 0.602. The minimum atomic E-state index is -3.82. The number of sulfonamides is 1. The van der Waals surface area contributed by atoms with E-state index >= 15 is 0 Å². The van der Waals surface area contributed by atoms with Crippen molar-refractivity contribution in [2.75, 3.05) is 6.61 Å². The Morgan fingerprint density at radius 3 is 2.30 bits per heavy atom. The van der Waals surface area contributed by atoms with E-state index in [1.165, 1.54) is 42.5 Å². The molecule has 144 valence electrons. The highest BCUT2D eigenvalue weighted by molar-refractivity contribution is 7.89. The van der Waals surface area contributed by atoms with E-state index in [1.54, 1.807) is 20.8 Å². The molecule has 0 aromatic heterocycles. The van der Waals surface area contributed by atoms with Gasteiger partial charge in [-0.15, -0.1) is 0 Å². The summed E-state index contributed by atoms with van der Waals surface area (Å²) in [5.41, 5.74) is -0.625. The molecule has 6 nitrogen and oxygen atoms in total. The molecular weight excluding hydrogens is 373 g/mol. The SMILES string of the molecule is CC(C)(C)NS(=O)(=O)c1cccc(C(=O)OCC(=O)c2cccc(F)c2)c1. The second-order valence-electron chi connectivity index (χ2n) is 6.89. The first-order valence-electron chi connectivity index (χ1n) is 8.08. The van der Waals surface area contributed by atoms with Gasteiger partial charge in [-0.05, 0) is 51.1 Å². The first kappa shape index (κ1) is 20.7. The normalized spacial score (nSPS) is 11.9. The van der Waals surface area contributed by atoms with Crippen LogP contribution in [0.1, 0.15) is 41.5 Å². The number of hydrogen-bond donors (Lipinski definition) is 1. The van der Waals surface area contributed by atoms with Crippen molar-refractivity contribution in [1.82, 2.24) is 4.72 Å². The van der Waals surface area contributed by atoms with Gasteiger partial charge in [-0.2, -0.15) is 0 Å². The number of carbonyl (C=O) groups is 2. The molecule has 0 unspecified atom stereocenters. The van der Waals surface area contributed by atoms with E-state index in [-0.39, 0.29) is 16.0 Å². The number of halogens is 1. The lowest BCUT2D eigenvalue weighted by molar-refractivity contribution is 0.0474. The molecule has 8 heteroatoms. The van der Waals surface area contributed by atoms with Crippen LogP contribution in [0.5, 0.6) is 0 Å². The third-order valence-electron chi connectivity index (χ3n) is 3.30. The van der Waals surface area contributed by atoms with Crippen LogP contribution < -0.4 is 4.72 Å². The van der Waals surface area contributed by atoms with Crippen molar-refractivity contribution >= 4 is 21.8 Å². The average molecular weight is 393 g/mol. The molecule has 0 fully saturated rings. The fraction of sp³-hybridized carbons (Fsp3) is 0.263. The van der Waals surface area contributed by atoms with Crippen LogP contribution >= 0.6 is 0 Å². The molecule has 27 heavy (non-hydrogen) atoms. The topological polar surface area (TPSA) is 89.5 Å². The van der Waals surface area contributed by atoms with Crippen molar-refractivity contribution in [3.63, 3.8) is 0 Å². The van der Waals surface area contributed by atoms with Gasteiger partial charge in [0.1, 0.15) is 5.82 Å². The van der Waals surface area contributed by atoms with Crippen LogP contribution in [0.4, 0.5) is 4.39 Å². The fourth-order valence-corrected chi connectivity index (χ4v) is 3.68. The van der Waals surface area contributed by atoms with Gasteiger partial charge >= 0.3 is 5.97 Å². The number of benzene rings is 2. The van der Waals surface area contributed by atoms with Gasteiger partial charge in [-0.3, -0.25) is 4.79 Å². The van der Waals surface area contributed by atoms with Gasteiger partial charge in [0.15, 0.2) is 12.4 Å². The van der Waals surface area contributed by atoms with E-state index in [2.05, 4.69) is 4.72 Å². The molecular formula is C19H20FNO5S. The number of ketones is 1. The van der Waals surface area contributed by atoms with Gasteiger partial charge in [0.2, 0.25) is 10.0 Å². The molecule has 0 aliphatic rings. The minimum Gasteiger partial charge on any atom is -0.454 e. The molecule has 0 spiro atoms. The smallest absolute Gasteiger partial charge is 0.338 e. The highest BCUT2D eigenvalue weighted by Crippen LogP contribution is 2.15.